The normalized spacial score (nSPS) is 13.3. The first-order valence-electron chi connectivity index (χ1n) is 7.36. The highest BCUT2D eigenvalue weighted by atomic mass is 32.2. The molecule has 0 bridgehead atoms. The Morgan fingerprint density at radius 1 is 1.19 bits per heavy atom. The third kappa shape index (κ3) is 5.70. The van der Waals surface area contributed by atoms with E-state index < -0.39 is 10.0 Å². The Bertz CT molecular complexity index is 546. The summed E-state index contributed by atoms with van der Waals surface area (Å²) in [6.07, 6.45) is 0. The van der Waals surface area contributed by atoms with Gasteiger partial charge in [0.15, 0.2) is 0 Å². The second-order valence-electron chi connectivity index (χ2n) is 6.72. The van der Waals surface area contributed by atoms with Gasteiger partial charge in [-0.15, -0.1) is 11.3 Å². The van der Waals surface area contributed by atoms with E-state index >= 15 is 0 Å². The quantitative estimate of drug-likeness (QED) is 0.768. The van der Waals surface area contributed by atoms with Crippen molar-refractivity contribution in [3.05, 3.63) is 17.0 Å². The van der Waals surface area contributed by atoms with Gasteiger partial charge in [-0.3, -0.25) is 0 Å². The monoisotopic (exact) mass is 332 g/mol. The average Bonchev–Trinajstić information content (AvgIpc) is 2.83. The lowest BCUT2D eigenvalue weighted by molar-refractivity contribution is 0.252. The molecule has 4 nitrogen and oxygen atoms in total. The summed E-state index contributed by atoms with van der Waals surface area (Å²) in [5, 5.41) is 3.29. The van der Waals surface area contributed by atoms with Crippen molar-refractivity contribution >= 4 is 21.4 Å². The molecule has 0 aliphatic rings. The van der Waals surface area contributed by atoms with Crippen LogP contribution in [0.15, 0.2) is 16.3 Å². The van der Waals surface area contributed by atoms with Crippen LogP contribution in [0.1, 0.15) is 46.4 Å². The van der Waals surface area contributed by atoms with Gasteiger partial charge in [-0.2, -0.15) is 0 Å². The van der Waals surface area contributed by atoms with Crippen LogP contribution in [0.2, 0.25) is 0 Å². The van der Waals surface area contributed by atoms with Crippen LogP contribution in [0, 0.1) is 11.3 Å². The van der Waals surface area contributed by atoms with Crippen LogP contribution in [-0.2, 0) is 16.6 Å². The zero-order valence-electron chi connectivity index (χ0n) is 13.9. The molecule has 0 aliphatic heterocycles. The number of rotatable bonds is 8. The smallest absolute Gasteiger partial charge is 0.250 e. The van der Waals surface area contributed by atoms with E-state index in [0.717, 1.165) is 4.88 Å². The van der Waals surface area contributed by atoms with Gasteiger partial charge in [0.2, 0.25) is 10.0 Å². The summed E-state index contributed by atoms with van der Waals surface area (Å²) in [7, 11) is -3.40. The molecule has 0 saturated heterocycles. The lowest BCUT2D eigenvalue weighted by atomic mass is 9.81. The SMILES string of the molecule is CC(C)NCc1ccc(S(=O)(=O)NCC(C)(C)C(C)C)s1. The number of hydrogen-bond donors (Lipinski definition) is 2. The highest BCUT2D eigenvalue weighted by molar-refractivity contribution is 7.91. The van der Waals surface area contributed by atoms with Crippen molar-refractivity contribution in [2.75, 3.05) is 6.54 Å². The molecule has 122 valence electrons. The molecule has 21 heavy (non-hydrogen) atoms. The van der Waals surface area contributed by atoms with Gasteiger partial charge in [0.05, 0.1) is 0 Å². The van der Waals surface area contributed by atoms with E-state index in [1.165, 1.54) is 11.3 Å². The highest BCUT2D eigenvalue weighted by Crippen LogP contribution is 2.27. The molecule has 0 aliphatic carbocycles. The van der Waals surface area contributed by atoms with Crippen molar-refractivity contribution in [2.24, 2.45) is 11.3 Å². The minimum atomic E-state index is -3.40. The van der Waals surface area contributed by atoms with Crippen molar-refractivity contribution in [1.82, 2.24) is 10.0 Å². The largest absolute Gasteiger partial charge is 0.310 e. The molecule has 0 amide bonds. The van der Waals surface area contributed by atoms with Gasteiger partial charge in [0.1, 0.15) is 4.21 Å². The minimum Gasteiger partial charge on any atom is -0.310 e. The first-order chi connectivity index (χ1) is 9.54. The highest BCUT2D eigenvalue weighted by Gasteiger charge is 2.26. The first kappa shape index (κ1) is 18.6. The zero-order chi connectivity index (χ0) is 16.3. The van der Waals surface area contributed by atoms with Gasteiger partial charge in [-0.25, -0.2) is 13.1 Å². The second kappa shape index (κ2) is 7.22. The summed E-state index contributed by atoms with van der Waals surface area (Å²) in [6.45, 7) is 13.7. The molecular weight excluding hydrogens is 304 g/mol. The molecule has 0 spiro atoms. The fraction of sp³-hybridized carbons (Fsp3) is 0.733. The average molecular weight is 333 g/mol. The number of nitrogens with one attached hydrogen (secondary N) is 2. The van der Waals surface area contributed by atoms with Gasteiger partial charge in [-0.05, 0) is 23.5 Å². The third-order valence-corrected chi connectivity index (χ3v) is 6.85. The van der Waals surface area contributed by atoms with Crippen molar-refractivity contribution < 1.29 is 8.42 Å². The molecule has 0 saturated carbocycles. The van der Waals surface area contributed by atoms with Gasteiger partial charge in [0.25, 0.3) is 0 Å². The first-order valence-corrected chi connectivity index (χ1v) is 9.66. The van der Waals surface area contributed by atoms with Crippen molar-refractivity contribution in [3.63, 3.8) is 0 Å². The second-order valence-corrected chi connectivity index (χ2v) is 9.89. The van der Waals surface area contributed by atoms with Crippen LogP contribution in [-0.4, -0.2) is 21.0 Å². The van der Waals surface area contributed by atoms with Gasteiger partial charge < -0.3 is 5.32 Å². The van der Waals surface area contributed by atoms with Crippen LogP contribution < -0.4 is 10.0 Å². The van der Waals surface area contributed by atoms with E-state index in [0.29, 0.717) is 29.3 Å². The predicted molar refractivity (Wildman–Crippen MR) is 90.1 cm³/mol. The molecule has 1 aromatic heterocycles. The molecule has 0 radical (unpaired) electrons. The molecular formula is C15H28N2O2S2. The fourth-order valence-corrected chi connectivity index (χ4v) is 4.03. The summed E-state index contributed by atoms with van der Waals surface area (Å²) in [6, 6.07) is 3.95. The van der Waals surface area contributed by atoms with E-state index in [1.54, 1.807) is 6.07 Å². The maximum Gasteiger partial charge on any atom is 0.250 e. The molecule has 0 atom stereocenters. The van der Waals surface area contributed by atoms with E-state index in [4.69, 9.17) is 0 Å². The molecule has 1 heterocycles. The van der Waals surface area contributed by atoms with Crippen LogP contribution in [0.4, 0.5) is 0 Å². The van der Waals surface area contributed by atoms with Crippen molar-refractivity contribution in [2.45, 2.75) is 58.3 Å². The number of thiophene rings is 1. The van der Waals surface area contributed by atoms with Crippen LogP contribution in [0.5, 0.6) is 0 Å². The lowest BCUT2D eigenvalue weighted by Gasteiger charge is -2.29. The number of hydrogen-bond acceptors (Lipinski definition) is 4. The Morgan fingerprint density at radius 3 is 2.33 bits per heavy atom. The third-order valence-electron chi connectivity index (χ3n) is 3.87. The zero-order valence-corrected chi connectivity index (χ0v) is 15.5. The van der Waals surface area contributed by atoms with Gasteiger partial charge in [-0.1, -0.05) is 41.5 Å². The topological polar surface area (TPSA) is 58.2 Å². The Balaban J connectivity index is 2.71. The summed E-state index contributed by atoms with van der Waals surface area (Å²) in [5.74, 6) is 0.411. The fourth-order valence-electron chi connectivity index (χ4n) is 1.46. The molecule has 2 N–H and O–H groups in total. The number of sulfonamides is 1. The Kier molecular flexibility index (Phi) is 6.40. The van der Waals surface area contributed by atoms with E-state index in [-0.39, 0.29) is 5.41 Å². The molecule has 0 aromatic carbocycles. The van der Waals surface area contributed by atoms with E-state index in [1.807, 2.05) is 6.07 Å². The maximum absolute atomic E-state index is 12.3. The minimum absolute atomic E-state index is 0.0631. The van der Waals surface area contributed by atoms with Crippen LogP contribution in [0.3, 0.4) is 0 Å². The standard InChI is InChI=1S/C15H28N2O2S2/c1-11(2)15(5,6)10-17-21(18,19)14-8-7-13(20-14)9-16-12(3)4/h7-8,11-12,16-17H,9-10H2,1-6H3. The summed E-state index contributed by atoms with van der Waals surface area (Å²) < 4.78 is 27.8. The molecule has 0 fully saturated rings. The predicted octanol–water partition coefficient (Wildman–Crippen LogP) is 3.21. The molecule has 1 rings (SSSR count). The Hall–Kier alpha value is -0.430. The Morgan fingerprint density at radius 2 is 1.81 bits per heavy atom. The van der Waals surface area contributed by atoms with Crippen molar-refractivity contribution in [3.8, 4) is 0 Å². The summed E-state index contributed by atoms with van der Waals surface area (Å²) in [4.78, 5) is 1.03. The maximum atomic E-state index is 12.3. The van der Waals surface area contributed by atoms with Gasteiger partial charge >= 0.3 is 0 Å². The summed E-state index contributed by atoms with van der Waals surface area (Å²) in [5.41, 5.74) is -0.0631. The molecule has 1 aromatic rings. The lowest BCUT2D eigenvalue weighted by Crippen LogP contribution is -2.36. The Labute approximate surface area is 133 Å². The van der Waals surface area contributed by atoms with Gasteiger partial charge in [0, 0.05) is 24.0 Å². The van der Waals surface area contributed by atoms with Crippen LogP contribution in [0.25, 0.3) is 0 Å². The van der Waals surface area contributed by atoms with E-state index in [2.05, 4.69) is 51.6 Å². The van der Waals surface area contributed by atoms with E-state index in [9.17, 15) is 8.42 Å². The molecule has 6 heteroatoms. The summed E-state index contributed by atoms with van der Waals surface area (Å²) >= 11 is 1.33. The van der Waals surface area contributed by atoms with Crippen LogP contribution >= 0.6 is 11.3 Å². The molecule has 0 unspecified atom stereocenters. The van der Waals surface area contributed by atoms with Crippen molar-refractivity contribution in [1.29, 1.82) is 0 Å².